The summed E-state index contributed by atoms with van der Waals surface area (Å²) in [6.45, 7) is 6.77. The minimum Gasteiger partial charge on any atom is -0.351 e. The van der Waals surface area contributed by atoms with Crippen molar-refractivity contribution < 1.29 is 4.79 Å². The molecule has 1 saturated heterocycles. The summed E-state index contributed by atoms with van der Waals surface area (Å²) in [4.78, 5) is 15.3. The molecule has 148 valence electrons. The van der Waals surface area contributed by atoms with Gasteiger partial charge in [0.15, 0.2) is 5.12 Å². The second kappa shape index (κ2) is 6.37. The molecule has 0 unspecified atom stereocenters. The van der Waals surface area contributed by atoms with Gasteiger partial charge in [0.25, 0.3) is 0 Å². The van der Waals surface area contributed by atoms with Gasteiger partial charge in [-0.25, -0.2) is 0 Å². The maximum Gasteiger partial charge on any atom is 0.197 e. The Balaban J connectivity index is 1.63. The first-order valence-electron chi connectivity index (χ1n) is 10.4. The fourth-order valence-electron chi connectivity index (χ4n) is 5.42. The van der Waals surface area contributed by atoms with Crippen LogP contribution in [-0.2, 0) is 4.79 Å². The van der Waals surface area contributed by atoms with Crippen LogP contribution in [0.5, 0.6) is 0 Å². The molecule has 2 fully saturated rings. The van der Waals surface area contributed by atoms with Crippen molar-refractivity contribution in [3.05, 3.63) is 90.1 Å². The summed E-state index contributed by atoms with van der Waals surface area (Å²) in [5.74, 6) is 0. The molecule has 1 aliphatic carbocycles. The summed E-state index contributed by atoms with van der Waals surface area (Å²) >= 11 is 1.58. The fraction of sp³-hybridized carbons (Fsp3) is 0.346. The highest BCUT2D eigenvalue weighted by atomic mass is 32.2. The molecule has 2 bridgehead atoms. The van der Waals surface area contributed by atoms with Crippen LogP contribution in [0.15, 0.2) is 79.0 Å². The molecule has 0 aromatic heterocycles. The first-order valence-corrected chi connectivity index (χ1v) is 11.2. The van der Waals surface area contributed by atoms with E-state index in [1.807, 2.05) is 0 Å². The Morgan fingerprint density at radius 2 is 1.59 bits per heavy atom. The van der Waals surface area contributed by atoms with Gasteiger partial charge in [0.1, 0.15) is 0 Å². The number of fused-ring (bicyclic) bond motifs is 2. The minimum absolute atomic E-state index is 0.1000. The molecule has 3 atom stereocenters. The quantitative estimate of drug-likeness (QED) is 0.590. The molecule has 3 heteroatoms. The normalized spacial score (nSPS) is 32.5. The van der Waals surface area contributed by atoms with Crippen molar-refractivity contribution in [1.82, 2.24) is 4.90 Å². The largest absolute Gasteiger partial charge is 0.351 e. The smallest absolute Gasteiger partial charge is 0.197 e. The van der Waals surface area contributed by atoms with E-state index < -0.39 is 0 Å². The highest BCUT2D eigenvalue weighted by Gasteiger charge is 2.73. The van der Waals surface area contributed by atoms with E-state index in [1.165, 1.54) is 16.7 Å². The lowest BCUT2D eigenvalue weighted by atomic mass is 9.68. The van der Waals surface area contributed by atoms with Crippen molar-refractivity contribution in [3.8, 4) is 0 Å². The molecule has 0 spiro atoms. The predicted molar refractivity (Wildman–Crippen MR) is 121 cm³/mol. The highest BCUT2D eigenvalue weighted by Crippen LogP contribution is 2.73. The molecular weight excluding hydrogens is 374 g/mol. The topological polar surface area (TPSA) is 20.3 Å². The first-order chi connectivity index (χ1) is 13.9. The van der Waals surface area contributed by atoms with Crippen molar-refractivity contribution in [1.29, 1.82) is 0 Å². The number of allylic oxidation sites excluding steroid dienone is 2. The summed E-state index contributed by atoms with van der Waals surface area (Å²) in [6.07, 6.45) is 8.84. The Labute approximate surface area is 177 Å². The van der Waals surface area contributed by atoms with Gasteiger partial charge in [0, 0.05) is 17.0 Å². The maximum absolute atomic E-state index is 13.0. The van der Waals surface area contributed by atoms with Crippen molar-refractivity contribution >= 4 is 22.5 Å². The van der Waals surface area contributed by atoms with E-state index in [0.29, 0.717) is 5.12 Å². The van der Waals surface area contributed by atoms with Crippen LogP contribution in [0.4, 0.5) is 0 Å². The number of carbonyl (C=O) groups is 1. The molecule has 2 aliphatic heterocycles. The van der Waals surface area contributed by atoms with Crippen LogP contribution >= 0.6 is 11.8 Å². The van der Waals surface area contributed by atoms with Crippen LogP contribution < -0.4 is 0 Å². The Hall–Kier alpha value is -2.26. The van der Waals surface area contributed by atoms with E-state index in [0.717, 1.165) is 12.8 Å². The summed E-state index contributed by atoms with van der Waals surface area (Å²) in [6, 6.07) is 21.4. The van der Waals surface area contributed by atoms with Gasteiger partial charge in [0.2, 0.25) is 0 Å². The fourth-order valence-corrected chi connectivity index (χ4v) is 7.27. The number of hydrogen-bond donors (Lipinski definition) is 0. The summed E-state index contributed by atoms with van der Waals surface area (Å²) in [5.41, 5.74) is 3.38. The zero-order valence-corrected chi connectivity index (χ0v) is 18.1. The molecule has 29 heavy (non-hydrogen) atoms. The molecular formula is C26H27NOS. The Morgan fingerprint density at radius 3 is 2.17 bits per heavy atom. The molecule has 2 heterocycles. The van der Waals surface area contributed by atoms with Gasteiger partial charge in [-0.2, -0.15) is 0 Å². The zero-order valence-electron chi connectivity index (χ0n) is 17.3. The summed E-state index contributed by atoms with van der Waals surface area (Å²) in [7, 11) is 0. The van der Waals surface area contributed by atoms with E-state index in [-0.39, 0.29) is 21.7 Å². The lowest BCUT2D eigenvalue weighted by Crippen LogP contribution is -2.51. The van der Waals surface area contributed by atoms with E-state index in [9.17, 15) is 4.79 Å². The number of hydrogen-bond acceptors (Lipinski definition) is 3. The average Bonchev–Trinajstić information content (AvgIpc) is 3.05. The van der Waals surface area contributed by atoms with E-state index in [1.54, 1.807) is 11.8 Å². The van der Waals surface area contributed by atoms with Crippen LogP contribution in [0.25, 0.3) is 5.57 Å². The number of carbonyl (C=O) groups excluding carboxylic acids is 1. The van der Waals surface area contributed by atoms with Gasteiger partial charge in [-0.05, 0) is 41.7 Å². The van der Waals surface area contributed by atoms with Crippen molar-refractivity contribution in [2.75, 3.05) is 0 Å². The first kappa shape index (κ1) is 18.7. The van der Waals surface area contributed by atoms with Crippen LogP contribution in [0.2, 0.25) is 0 Å². The Kier molecular flexibility index (Phi) is 4.12. The highest BCUT2D eigenvalue weighted by molar-refractivity contribution is 8.15. The molecule has 3 aliphatic rings. The molecule has 5 rings (SSSR count). The number of nitrogens with zero attached hydrogens (tertiary/aromatic N) is 1. The standard InChI is InChI=1S/C26H27NOS/c1-24(2)25(3)15-16-26(24,29-23(25)28)27-17-14-21(19-10-6-4-7-11-19)18-22(27)20-12-8-5-9-13-20/h4-14,17-18,22H,15-16H2,1-3H3/t22-,25-,26-/m0/s1. The van der Waals surface area contributed by atoms with Gasteiger partial charge in [0.05, 0.1) is 10.9 Å². The molecule has 2 nitrogen and oxygen atoms in total. The van der Waals surface area contributed by atoms with E-state index >= 15 is 0 Å². The summed E-state index contributed by atoms with van der Waals surface area (Å²) < 4.78 is 0. The minimum atomic E-state index is -0.254. The zero-order chi connectivity index (χ0) is 20.3. The third kappa shape index (κ3) is 2.46. The molecule has 0 N–H and O–H groups in total. The van der Waals surface area contributed by atoms with Crippen molar-refractivity contribution in [3.63, 3.8) is 0 Å². The van der Waals surface area contributed by atoms with Crippen LogP contribution in [0.3, 0.4) is 0 Å². The number of thioether (sulfide) groups is 1. The van der Waals surface area contributed by atoms with Crippen molar-refractivity contribution in [2.24, 2.45) is 10.8 Å². The van der Waals surface area contributed by atoms with E-state index in [4.69, 9.17) is 0 Å². The molecule has 0 radical (unpaired) electrons. The third-order valence-electron chi connectivity index (χ3n) is 7.75. The lowest BCUT2D eigenvalue weighted by molar-refractivity contribution is -0.122. The van der Waals surface area contributed by atoms with Gasteiger partial charge in [-0.3, -0.25) is 4.79 Å². The van der Waals surface area contributed by atoms with Gasteiger partial charge in [-0.1, -0.05) is 93.2 Å². The second-order valence-corrected chi connectivity index (χ2v) is 10.4. The number of benzene rings is 2. The molecule has 0 amide bonds. The Bertz CT molecular complexity index is 1010. The molecule has 1 saturated carbocycles. The third-order valence-corrected chi connectivity index (χ3v) is 9.65. The van der Waals surface area contributed by atoms with Gasteiger partial charge in [-0.15, -0.1) is 0 Å². The average molecular weight is 402 g/mol. The maximum atomic E-state index is 13.0. The number of rotatable bonds is 3. The SMILES string of the molecule is CC1(C)[C@@]2(C)CC[C@]1(N1C=CC(c3ccccc3)=C[C@H]1c1ccccc1)SC2=O. The van der Waals surface area contributed by atoms with Crippen LogP contribution in [0, 0.1) is 10.8 Å². The van der Waals surface area contributed by atoms with Gasteiger partial charge >= 0.3 is 0 Å². The molecule has 2 aromatic carbocycles. The second-order valence-electron chi connectivity index (χ2n) is 9.20. The van der Waals surface area contributed by atoms with Crippen LogP contribution in [-0.4, -0.2) is 14.9 Å². The lowest BCUT2D eigenvalue weighted by Gasteiger charge is -2.50. The van der Waals surface area contributed by atoms with Gasteiger partial charge < -0.3 is 4.90 Å². The Morgan fingerprint density at radius 1 is 0.931 bits per heavy atom. The predicted octanol–water partition coefficient (Wildman–Crippen LogP) is 6.44. The molecule has 2 aromatic rings. The monoisotopic (exact) mass is 401 g/mol. The van der Waals surface area contributed by atoms with Crippen molar-refractivity contribution in [2.45, 2.75) is 44.5 Å². The summed E-state index contributed by atoms with van der Waals surface area (Å²) in [5, 5.41) is 0.354. The van der Waals surface area contributed by atoms with E-state index in [2.05, 4.69) is 105 Å². The van der Waals surface area contributed by atoms with Crippen LogP contribution in [0.1, 0.15) is 50.8 Å².